The summed E-state index contributed by atoms with van der Waals surface area (Å²) < 4.78 is 5.73. The molecule has 0 bridgehead atoms. The molecule has 21 heavy (non-hydrogen) atoms. The number of ether oxygens (including phenoxy) is 1. The Labute approximate surface area is 135 Å². The Balaban J connectivity index is 3.01. The van der Waals surface area contributed by atoms with Crippen LogP contribution in [0.5, 0.6) is 5.75 Å². The molecule has 0 radical (unpaired) electrons. The Morgan fingerprint density at radius 3 is 2.62 bits per heavy atom. The maximum absolute atomic E-state index is 11.8. The average molecular weight is 333 g/mol. The smallest absolute Gasteiger partial charge is 0.260 e. The first-order valence-corrected chi connectivity index (χ1v) is 7.82. The second-order valence-corrected chi connectivity index (χ2v) is 5.75. The van der Waals surface area contributed by atoms with E-state index in [2.05, 4.69) is 5.32 Å². The van der Waals surface area contributed by atoms with E-state index in [0.29, 0.717) is 28.8 Å². The third-order valence-corrected chi connectivity index (χ3v) is 3.61. The molecule has 2 unspecified atom stereocenters. The van der Waals surface area contributed by atoms with E-state index in [-0.39, 0.29) is 11.9 Å². The summed E-state index contributed by atoms with van der Waals surface area (Å²) in [4.78, 5) is 11.8. The zero-order valence-corrected chi connectivity index (χ0v) is 14.1. The van der Waals surface area contributed by atoms with Crippen molar-refractivity contribution in [2.45, 2.75) is 45.8 Å². The zero-order valence-electron chi connectivity index (χ0n) is 12.6. The van der Waals surface area contributed by atoms with Crippen molar-refractivity contribution < 1.29 is 9.53 Å². The van der Waals surface area contributed by atoms with Crippen LogP contribution in [0.2, 0.25) is 10.0 Å². The molecule has 1 amide bonds. The van der Waals surface area contributed by atoms with E-state index in [1.807, 2.05) is 13.8 Å². The van der Waals surface area contributed by atoms with Gasteiger partial charge >= 0.3 is 0 Å². The first kappa shape index (κ1) is 18.1. The third kappa shape index (κ3) is 5.38. The quantitative estimate of drug-likeness (QED) is 0.805. The molecule has 1 rings (SSSR count). The molecule has 0 fully saturated rings. The van der Waals surface area contributed by atoms with Gasteiger partial charge in [0.05, 0.1) is 5.02 Å². The topological polar surface area (TPSA) is 64.3 Å². The fourth-order valence-electron chi connectivity index (χ4n) is 1.87. The summed E-state index contributed by atoms with van der Waals surface area (Å²) in [5.41, 5.74) is 6.81. The highest BCUT2D eigenvalue weighted by atomic mass is 35.5. The van der Waals surface area contributed by atoms with Gasteiger partial charge in [-0.05, 0) is 44.4 Å². The molecule has 1 aromatic carbocycles. The standard InChI is InChI=1S/C15H22Cl2N2O2/c1-4-12(18)7-10-6-11(16)8-13(17)14(10)21-9(3)15(20)19-5-2/h6,8-9,12H,4-5,7,18H2,1-3H3,(H,19,20). The van der Waals surface area contributed by atoms with Crippen LogP contribution in [0.1, 0.15) is 32.8 Å². The molecule has 0 aliphatic heterocycles. The molecule has 118 valence electrons. The minimum Gasteiger partial charge on any atom is -0.479 e. The minimum absolute atomic E-state index is 0.0124. The molecule has 0 aromatic heterocycles. The molecule has 0 spiro atoms. The van der Waals surface area contributed by atoms with E-state index in [1.165, 1.54) is 0 Å². The Hall–Kier alpha value is -0.970. The van der Waals surface area contributed by atoms with Crippen molar-refractivity contribution in [1.82, 2.24) is 5.32 Å². The van der Waals surface area contributed by atoms with Crippen molar-refractivity contribution in [3.05, 3.63) is 27.7 Å². The van der Waals surface area contributed by atoms with E-state index in [0.717, 1.165) is 12.0 Å². The van der Waals surface area contributed by atoms with Crippen LogP contribution in [-0.2, 0) is 11.2 Å². The number of halogens is 2. The second-order valence-electron chi connectivity index (χ2n) is 4.90. The van der Waals surface area contributed by atoms with Crippen molar-refractivity contribution in [1.29, 1.82) is 0 Å². The molecule has 2 atom stereocenters. The molecule has 6 heteroatoms. The van der Waals surface area contributed by atoms with Crippen LogP contribution in [0.4, 0.5) is 0 Å². The fourth-order valence-corrected chi connectivity index (χ4v) is 2.45. The average Bonchev–Trinajstić information content (AvgIpc) is 2.42. The van der Waals surface area contributed by atoms with Gasteiger partial charge in [0, 0.05) is 17.6 Å². The minimum atomic E-state index is -0.639. The molecule has 4 nitrogen and oxygen atoms in total. The first-order valence-electron chi connectivity index (χ1n) is 7.06. The maximum atomic E-state index is 11.8. The van der Waals surface area contributed by atoms with Crippen LogP contribution in [-0.4, -0.2) is 24.6 Å². The molecule has 0 saturated heterocycles. The number of amides is 1. The van der Waals surface area contributed by atoms with E-state index < -0.39 is 6.10 Å². The lowest BCUT2D eigenvalue weighted by Crippen LogP contribution is -2.36. The van der Waals surface area contributed by atoms with Gasteiger partial charge in [0.15, 0.2) is 6.10 Å². The highest BCUT2D eigenvalue weighted by molar-refractivity contribution is 6.35. The Bertz CT molecular complexity index is 495. The van der Waals surface area contributed by atoms with Gasteiger partial charge in [-0.15, -0.1) is 0 Å². The van der Waals surface area contributed by atoms with Crippen molar-refractivity contribution in [3.8, 4) is 5.75 Å². The number of hydrogen-bond acceptors (Lipinski definition) is 3. The largest absolute Gasteiger partial charge is 0.479 e. The summed E-state index contributed by atoms with van der Waals surface area (Å²) >= 11 is 12.2. The molecule has 0 saturated carbocycles. The van der Waals surface area contributed by atoms with Crippen LogP contribution >= 0.6 is 23.2 Å². The van der Waals surface area contributed by atoms with Crippen LogP contribution in [0, 0.1) is 0 Å². The van der Waals surface area contributed by atoms with Crippen molar-refractivity contribution in [2.24, 2.45) is 5.73 Å². The second kappa shape index (κ2) is 8.47. The summed E-state index contributed by atoms with van der Waals surface area (Å²) in [5, 5.41) is 3.62. The van der Waals surface area contributed by atoms with E-state index in [1.54, 1.807) is 19.1 Å². The molecular weight excluding hydrogens is 311 g/mol. The van der Waals surface area contributed by atoms with Crippen LogP contribution in [0.15, 0.2) is 12.1 Å². The van der Waals surface area contributed by atoms with Crippen LogP contribution < -0.4 is 15.8 Å². The highest BCUT2D eigenvalue weighted by Gasteiger charge is 2.19. The first-order chi connectivity index (χ1) is 9.88. The maximum Gasteiger partial charge on any atom is 0.260 e. The third-order valence-electron chi connectivity index (χ3n) is 3.11. The molecule has 1 aromatic rings. The summed E-state index contributed by atoms with van der Waals surface area (Å²) in [7, 11) is 0. The van der Waals surface area contributed by atoms with E-state index in [4.69, 9.17) is 33.7 Å². The number of benzene rings is 1. The molecule has 0 heterocycles. The predicted molar refractivity (Wildman–Crippen MR) is 87.2 cm³/mol. The monoisotopic (exact) mass is 332 g/mol. The van der Waals surface area contributed by atoms with Crippen LogP contribution in [0.25, 0.3) is 0 Å². The van der Waals surface area contributed by atoms with Gasteiger partial charge in [-0.25, -0.2) is 0 Å². The van der Waals surface area contributed by atoms with Gasteiger partial charge in [0.1, 0.15) is 5.75 Å². The number of rotatable bonds is 7. The van der Waals surface area contributed by atoms with E-state index in [9.17, 15) is 4.79 Å². The summed E-state index contributed by atoms with van der Waals surface area (Å²) in [6.45, 7) is 6.09. The number of likely N-dealkylation sites (N-methyl/N-ethyl adjacent to an activating group) is 1. The van der Waals surface area contributed by atoms with Gasteiger partial charge < -0.3 is 15.8 Å². The van der Waals surface area contributed by atoms with E-state index >= 15 is 0 Å². The van der Waals surface area contributed by atoms with Gasteiger partial charge in [-0.2, -0.15) is 0 Å². The normalized spacial score (nSPS) is 13.6. The lowest BCUT2D eigenvalue weighted by Gasteiger charge is -2.20. The Morgan fingerprint density at radius 1 is 1.38 bits per heavy atom. The molecular formula is C15H22Cl2N2O2. The van der Waals surface area contributed by atoms with Gasteiger partial charge in [0.25, 0.3) is 5.91 Å². The fraction of sp³-hybridized carbons (Fsp3) is 0.533. The zero-order chi connectivity index (χ0) is 16.0. The van der Waals surface area contributed by atoms with Crippen molar-refractivity contribution in [3.63, 3.8) is 0 Å². The number of hydrogen-bond donors (Lipinski definition) is 2. The molecule has 3 N–H and O–H groups in total. The molecule has 0 aliphatic carbocycles. The number of nitrogens with one attached hydrogen (secondary N) is 1. The van der Waals surface area contributed by atoms with Crippen LogP contribution in [0.3, 0.4) is 0 Å². The van der Waals surface area contributed by atoms with Crippen molar-refractivity contribution in [2.75, 3.05) is 6.54 Å². The Kier molecular flexibility index (Phi) is 7.29. The summed E-state index contributed by atoms with van der Waals surface area (Å²) in [5.74, 6) is 0.290. The van der Waals surface area contributed by atoms with Gasteiger partial charge in [-0.3, -0.25) is 4.79 Å². The molecule has 0 aliphatic rings. The number of nitrogens with two attached hydrogens (primary N) is 1. The predicted octanol–water partition coefficient (Wildman–Crippen LogP) is 3.18. The SMILES string of the molecule is CCNC(=O)C(C)Oc1c(Cl)cc(Cl)cc1CC(N)CC. The lowest BCUT2D eigenvalue weighted by molar-refractivity contribution is -0.127. The lowest BCUT2D eigenvalue weighted by atomic mass is 10.0. The van der Waals surface area contributed by atoms with Gasteiger partial charge in [-0.1, -0.05) is 30.1 Å². The summed E-state index contributed by atoms with van der Waals surface area (Å²) in [6.07, 6.45) is 0.782. The highest BCUT2D eigenvalue weighted by Crippen LogP contribution is 2.34. The number of carbonyl (C=O) groups excluding carboxylic acids is 1. The van der Waals surface area contributed by atoms with Crippen molar-refractivity contribution >= 4 is 29.1 Å². The number of carbonyl (C=O) groups is 1. The Morgan fingerprint density at radius 2 is 2.05 bits per heavy atom. The summed E-state index contributed by atoms with van der Waals surface area (Å²) in [6, 6.07) is 3.37. The van der Waals surface area contributed by atoms with Gasteiger partial charge in [0.2, 0.25) is 0 Å².